The summed E-state index contributed by atoms with van der Waals surface area (Å²) in [4.78, 5) is 9.09. The van der Waals surface area contributed by atoms with Crippen molar-refractivity contribution in [1.82, 2.24) is 9.97 Å². The maximum atomic E-state index is 5.84. The van der Waals surface area contributed by atoms with Gasteiger partial charge in [0.15, 0.2) is 0 Å². The molecule has 1 N–H and O–H groups in total. The summed E-state index contributed by atoms with van der Waals surface area (Å²) >= 11 is 0. The van der Waals surface area contributed by atoms with Gasteiger partial charge in [-0.25, -0.2) is 4.98 Å². The van der Waals surface area contributed by atoms with Gasteiger partial charge in [0.05, 0.1) is 6.61 Å². The fraction of sp³-hybridized carbons (Fsp3) is 0.733. The largest absolute Gasteiger partial charge is 0.472 e. The minimum atomic E-state index is -0.00377. The van der Waals surface area contributed by atoms with Gasteiger partial charge in [0.1, 0.15) is 17.7 Å². The monoisotopic (exact) mass is 279 g/mol. The van der Waals surface area contributed by atoms with E-state index in [1.54, 1.807) is 0 Å². The summed E-state index contributed by atoms with van der Waals surface area (Å²) in [5.74, 6) is 2.93. The van der Waals surface area contributed by atoms with E-state index in [4.69, 9.17) is 9.47 Å². The van der Waals surface area contributed by atoms with Gasteiger partial charge in [-0.1, -0.05) is 6.92 Å². The smallest absolute Gasteiger partial charge is 0.219 e. The highest BCUT2D eigenvalue weighted by Gasteiger charge is 2.27. The number of nitrogens with one attached hydrogen (secondary N) is 1. The number of anilines is 1. The zero-order valence-electron chi connectivity index (χ0n) is 12.7. The van der Waals surface area contributed by atoms with Crippen LogP contribution >= 0.6 is 0 Å². The molecule has 5 heteroatoms. The van der Waals surface area contributed by atoms with Crippen molar-refractivity contribution in [1.29, 1.82) is 0 Å². The molecule has 1 aliphatic rings. The molecule has 0 spiro atoms. The summed E-state index contributed by atoms with van der Waals surface area (Å²) < 4.78 is 11.2. The van der Waals surface area contributed by atoms with E-state index in [1.807, 2.05) is 19.9 Å². The maximum Gasteiger partial charge on any atom is 0.219 e. The third-order valence-corrected chi connectivity index (χ3v) is 3.10. The van der Waals surface area contributed by atoms with Crippen molar-refractivity contribution in [2.45, 2.75) is 52.1 Å². The minimum Gasteiger partial charge on any atom is -0.472 e. The first kappa shape index (κ1) is 15.0. The second kappa shape index (κ2) is 7.43. The Kier molecular flexibility index (Phi) is 5.59. The van der Waals surface area contributed by atoms with Crippen molar-refractivity contribution in [3.8, 4) is 5.88 Å². The molecule has 0 aromatic carbocycles. The van der Waals surface area contributed by atoms with Crippen LogP contribution in [0.15, 0.2) is 6.07 Å². The highest BCUT2D eigenvalue weighted by molar-refractivity contribution is 5.39. The van der Waals surface area contributed by atoms with Gasteiger partial charge in [-0.05, 0) is 33.1 Å². The van der Waals surface area contributed by atoms with Gasteiger partial charge in [-0.15, -0.1) is 0 Å². The third-order valence-electron chi connectivity index (χ3n) is 3.10. The number of nitrogens with zero attached hydrogens (tertiary/aromatic N) is 2. The van der Waals surface area contributed by atoms with Crippen LogP contribution in [0.2, 0.25) is 0 Å². The van der Waals surface area contributed by atoms with Crippen LogP contribution in [0.1, 0.15) is 51.8 Å². The van der Waals surface area contributed by atoms with Crippen LogP contribution in [-0.4, -0.2) is 35.8 Å². The molecule has 1 aromatic heterocycles. The van der Waals surface area contributed by atoms with Crippen molar-refractivity contribution in [2.75, 3.05) is 25.1 Å². The SMILES string of the molecule is CCCNc1cc(OC(C)COCC)nc(C2CC2)n1. The van der Waals surface area contributed by atoms with Crippen molar-refractivity contribution in [3.05, 3.63) is 11.9 Å². The van der Waals surface area contributed by atoms with Gasteiger partial charge in [-0.3, -0.25) is 0 Å². The molecule has 1 heterocycles. The van der Waals surface area contributed by atoms with E-state index in [0.29, 0.717) is 25.0 Å². The van der Waals surface area contributed by atoms with Crippen LogP contribution in [0.5, 0.6) is 5.88 Å². The fourth-order valence-electron chi connectivity index (χ4n) is 1.89. The molecule has 1 aromatic rings. The molecule has 112 valence electrons. The van der Waals surface area contributed by atoms with E-state index in [1.165, 1.54) is 12.8 Å². The lowest BCUT2D eigenvalue weighted by atomic mass is 10.3. The zero-order chi connectivity index (χ0) is 14.4. The predicted octanol–water partition coefficient (Wildman–Crippen LogP) is 2.98. The van der Waals surface area contributed by atoms with Crippen LogP contribution in [0, 0.1) is 0 Å². The molecular formula is C15H25N3O2. The minimum absolute atomic E-state index is 0.00377. The molecule has 5 nitrogen and oxygen atoms in total. The predicted molar refractivity (Wildman–Crippen MR) is 79.4 cm³/mol. The second-order valence-corrected chi connectivity index (χ2v) is 5.24. The molecule has 1 saturated carbocycles. The van der Waals surface area contributed by atoms with Gasteiger partial charge in [0, 0.05) is 25.1 Å². The molecule has 1 atom stereocenters. The number of aromatic nitrogens is 2. The Labute approximate surface area is 121 Å². The second-order valence-electron chi connectivity index (χ2n) is 5.24. The number of ether oxygens (including phenoxy) is 2. The first-order chi connectivity index (χ1) is 9.72. The van der Waals surface area contributed by atoms with Gasteiger partial charge in [0.25, 0.3) is 0 Å². The first-order valence-electron chi connectivity index (χ1n) is 7.60. The number of hydrogen-bond acceptors (Lipinski definition) is 5. The summed E-state index contributed by atoms with van der Waals surface area (Å²) in [6.07, 6.45) is 3.44. The highest BCUT2D eigenvalue weighted by atomic mass is 16.5. The lowest BCUT2D eigenvalue weighted by Gasteiger charge is -2.15. The normalized spacial score (nSPS) is 15.9. The number of rotatable bonds is 9. The Morgan fingerprint density at radius 2 is 2.15 bits per heavy atom. The highest BCUT2D eigenvalue weighted by Crippen LogP contribution is 2.39. The average molecular weight is 279 g/mol. The maximum absolute atomic E-state index is 5.84. The summed E-state index contributed by atoms with van der Waals surface area (Å²) in [5, 5.41) is 3.31. The quantitative estimate of drug-likeness (QED) is 0.753. The van der Waals surface area contributed by atoms with E-state index < -0.39 is 0 Å². The first-order valence-corrected chi connectivity index (χ1v) is 7.60. The van der Waals surface area contributed by atoms with Gasteiger partial charge in [-0.2, -0.15) is 4.98 Å². The van der Waals surface area contributed by atoms with Gasteiger partial charge in [0.2, 0.25) is 5.88 Å². The standard InChI is InChI=1S/C15H25N3O2/c1-4-8-16-13-9-14(20-11(3)10-19-5-2)18-15(17-13)12-6-7-12/h9,11-12H,4-8,10H2,1-3H3,(H,16,17,18). The van der Waals surface area contributed by atoms with E-state index >= 15 is 0 Å². The average Bonchev–Trinajstić information content (AvgIpc) is 3.27. The Bertz CT molecular complexity index is 422. The Morgan fingerprint density at radius 1 is 1.35 bits per heavy atom. The summed E-state index contributed by atoms with van der Waals surface area (Å²) in [6, 6.07) is 1.88. The van der Waals surface area contributed by atoms with Crippen molar-refractivity contribution < 1.29 is 9.47 Å². The summed E-state index contributed by atoms with van der Waals surface area (Å²) in [5.41, 5.74) is 0. The molecule has 1 aliphatic carbocycles. The summed E-state index contributed by atoms with van der Waals surface area (Å²) in [6.45, 7) is 8.31. The van der Waals surface area contributed by atoms with Gasteiger partial charge < -0.3 is 14.8 Å². The van der Waals surface area contributed by atoms with E-state index in [0.717, 1.165) is 24.6 Å². The van der Waals surface area contributed by atoms with Gasteiger partial charge >= 0.3 is 0 Å². The Morgan fingerprint density at radius 3 is 2.80 bits per heavy atom. The van der Waals surface area contributed by atoms with E-state index in [9.17, 15) is 0 Å². The molecule has 0 aliphatic heterocycles. The van der Waals surface area contributed by atoms with Crippen LogP contribution in [0.25, 0.3) is 0 Å². The molecule has 0 bridgehead atoms. The fourth-order valence-corrected chi connectivity index (χ4v) is 1.89. The molecule has 2 rings (SSSR count). The van der Waals surface area contributed by atoms with Crippen molar-refractivity contribution in [2.24, 2.45) is 0 Å². The van der Waals surface area contributed by atoms with Crippen LogP contribution < -0.4 is 10.1 Å². The Hall–Kier alpha value is -1.36. The van der Waals surface area contributed by atoms with Crippen LogP contribution in [0.4, 0.5) is 5.82 Å². The van der Waals surface area contributed by atoms with Crippen molar-refractivity contribution >= 4 is 5.82 Å². The summed E-state index contributed by atoms with van der Waals surface area (Å²) in [7, 11) is 0. The van der Waals surface area contributed by atoms with Crippen LogP contribution in [0.3, 0.4) is 0 Å². The molecule has 1 fully saturated rings. The van der Waals surface area contributed by atoms with Crippen LogP contribution in [-0.2, 0) is 4.74 Å². The molecular weight excluding hydrogens is 254 g/mol. The lowest BCUT2D eigenvalue weighted by Crippen LogP contribution is -2.20. The Balaban J connectivity index is 2.03. The van der Waals surface area contributed by atoms with Crippen molar-refractivity contribution in [3.63, 3.8) is 0 Å². The third kappa shape index (κ3) is 4.63. The molecule has 1 unspecified atom stereocenters. The topological polar surface area (TPSA) is 56.3 Å². The zero-order valence-corrected chi connectivity index (χ0v) is 12.7. The molecule has 20 heavy (non-hydrogen) atoms. The lowest BCUT2D eigenvalue weighted by molar-refractivity contribution is 0.0632. The van der Waals surface area contributed by atoms with E-state index in [-0.39, 0.29) is 6.10 Å². The molecule has 0 saturated heterocycles. The molecule has 0 radical (unpaired) electrons. The number of hydrogen-bond donors (Lipinski definition) is 1. The van der Waals surface area contributed by atoms with E-state index in [2.05, 4.69) is 22.2 Å². The molecule has 0 amide bonds.